The molecule has 0 aliphatic carbocycles. The van der Waals surface area contributed by atoms with E-state index in [1.165, 1.54) is 6.21 Å². The monoisotopic (exact) mass is 459 g/mol. The molecule has 3 rings (SSSR count). The molecule has 1 aromatic heterocycles. The lowest BCUT2D eigenvalue weighted by Crippen LogP contribution is -2.31. The summed E-state index contributed by atoms with van der Waals surface area (Å²) >= 11 is 0. The summed E-state index contributed by atoms with van der Waals surface area (Å²) in [6.45, 7) is 9.56. The predicted octanol–water partition coefficient (Wildman–Crippen LogP) is 3.68. The normalized spacial score (nSPS) is 15.4. The molecule has 1 aromatic carbocycles. The van der Waals surface area contributed by atoms with E-state index in [1.807, 2.05) is 45.9 Å². The first-order valence-electron chi connectivity index (χ1n) is 11.3. The first-order chi connectivity index (χ1) is 15.7. The van der Waals surface area contributed by atoms with E-state index in [9.17, 15) is 4.79 Å². The number of ether oxygens (including phenoxy) is 1. The summed E-state index contributed by atoms with van der Waals surface area (Å²) in [6, 6.07) is 5.69. The minimum Gasteiger partial charge on any atom is -0.396 e. The Kier molecular flexibility index (Phi) is 9.99. The number of hydrogen-bond donors (Lipinski definition) is 3. The van der Waals surface area contributed by atoms with Crippen LogP contribution in [0, 0.1) is 5.41 Å². The van der Waals surface area contributed by atoms with Crippen LogP contribution in [0.1, 0.15) is 64.3 Å². The van der Waals surface area contributed by atoms with Crippen LogP contribution in [0.3, 0.4) is 0 Å². The fourth-order valence-corrected chi connectivity index (χ4v) is 3.25. The van der Waals surface area contributed by atoms with Crippen molar-refractivity contribution < 1.29 is 19.2 Å². The highest BCUT2D eigenvalue weighted by Crippen LogP contribution is 2.29. The smallest absolute Gasteiger partial charge is 0.230 e. The van der Waals surface area contributed by atoms with Gasteiger partial charge in [-0.15, -0.1) is 0 Å². The van der Waals surface area contributed by atoms with Gasteiger partial charge in [0, 0.05) is 61.8 Å². The fraction of sp³-hybridized carbons (Fsp3) is 0.583. The quantitative estimate of drug-likeness (QED) is 0.406. The Morgan fingerprint density at radius 2 is 2.03 bits per heavy atom. The molecule has 2 aromatic rings. The summed E-state index contributed by atoms with van der Waals surface area (Å²) in [5.74, 6) is 1.29. The van der Waals surface area contributed by atoms with Gasteiger partial charge in [-0.1, -0.05) is 17.3 Å². The van der Waals surface area contributed by atoms with E-state index in [4.69, 9.17) is 19.8 Å². The number of aliphatic hydroxyl groups is 1. The molecule has 1 aliphatic rings. The molecular formula is C24H37N5O4. The largest absolute Gasteiger partial charge is 0.396 e. The van der Waals surface area contributed by atoms with Gasteiger partial charge < -0.3 is 30.0 Å². The van der Waals surface area contributed by atoms with Gasteiger partial charge in [0.2, 0.25) is 18.1 Å². The number of anilines is 1. The van der Waals surface area contributed by atoms with Crippen LogP contribution in [0.2, 0.25) is 0 Å². The third-order valence-corrected chi connectivity index (χ3v) is 5.51. The number of aliphatic hydroxyl groups excluding tert-OH is 1. The molecule has 0 radical (unpaired) electrons. The van der Waals surface area contributed by atoms with Gasteiger partial charge >= 0.3 is 0 Å². The number of carbonyl (C=O) groups excluding carboxylic acids is 1. The zero-order valence-electron chi connectivity index (χ0n) is 20.3. The van der Waals surface area contributed by atoms with Crippen molar-refractivity contribution in [3.8, 4) is 11.4 Å². The van der Waals surface area contributed by atoms with Gasteiger partial charge in [0.1, 0.15) is 0 Å². The van der Waals surface area contributed by atoms with Crippen LogP contribution < -0.4 is 5.32 Å². The van der Waals surface area contributed by atoms with Gasteiger partial charge in [0.25, 0.3) is 0 Å². The topological polar surface area (TPSA) is 125 Å². The van der Waals surface area contributed by atoms with E-state index in [0.29, 0.717) is 31.2 Å². The van der Waals surface area contributed by atoms with E-state index in [0.717, 1.165) is 36.1 Å². The highest BCUT2D eigenvalue weighted by molar-refractivity contribution is 5.87. The molecule has 0 spiro atoms. The summed E-state index contributed by atoms with van der Waals surface area (Å²) in [5.41, 5.74) is 2.40. The number of aromatic nitrogens is 2. The summed E-state index contributed by atoms with van der Waals surface area (Å²) < 4.78 is 10.4. The summed E-state index contributed by atoms with van der Waals surface area (Å²) in [5, 5.41) is 24.1. The van der Waals surface area contributed by atoms with Crippen molar-refractivity contribution in [2.45, 2.75) is 64.5 Å². The van der Waals surface area contributed by atoms with Gasteiger partial charge in [-0.2, -0.15) is 4.98 Å². The van der Waals surface area contributed by atoms with Crippen LogP contribution in [-0.4, -0.2) is 71.2 Å². The Labute approximate surface area is 196 Å². The van der Waals surface area contributed by atoms with Crippen molar-refractivity contribution in [1.29, 1.82) is 5.41 Å². The second-order valence-electron chi connectivity index (χ2n) is 9.19. The van der Waals surface area contributed by atoms with E-state index in [2.05, 4.69) is 15.5 Å². The van der Waals surface area contributed by atoms with Crippen molar-refractivity contribution in [2.75, 3.05) is 32.1 Å². The fourth-order valence-electron chi connectivity index (χ4n) is 3.25. The minimum atomic E-state index is 0.0417. The Morgan fingerprint density at radius 3 is 2.58 bits per heavy atom. The lowest BCUT2D eigenvalue weighted by Gasteiger charge is -2.26. The summed E-state index contributed by atoms with van der Waals surface area (Å²) in [7, 11) is 1.71. The number of benzene rings is 1. The third-order valence-electron chi connectivity index (χ3n) is 5.51. The number of carbonyl (C=O) groups is 1. The van der Waals surface area contributed by atoms with Crippen LogP contribution >= 0.6 is 0 Å². The Morgan fingerprint density at radius 1 is 1.36 bits per heavy atom. The van der Waals surface area contributed by atoms with E-state index < -0.39 is 0 Å². The van der Waals surface area contributed by atoms with Crippen LogP contribution in [-0.2, 0) is 9.53 Å². The SMILES string of the molecule is CC(CCO)Nc1cc(-c2noc(C3CCN(C=O)CC3)n2)ccc1C=N.COC(C)(C)C. The molecule has 0 saturated carbocycles. The second-order valence-corrected chi connectivity index (χ2v) is 9.19. The Balaban J connectivity index is 0.000000569. The first-order valence-corrected chi connectivity index (χ1v) is 11.3. The Bertz CT molecular complexity index is 885. The molecule has 1 atom stereocenters. The molecule has 33 heavy (non-hydrogen) atoms. The van der Waals surface area contributed by atoms with Crippen molar-refractivity contribution in [3.05, 3.63) is 29.7 Å². The lowest BCUT2D eigenvalue weighted by molar-refractivity contribution is -0.119. The standard InChI is InChI=1S/C19H25N5O3.C5H12O/c1-13(6-9-25)21-17-10-15(2-3-16(17)11-20)18-22-19(27-23-18)14-4-7-24(12-26)8-5-14;1-5(2,3)6-4/h2-3,10-14,20-21,25H,4-9H2,1H3;1-4H3. The maximum atomic E-state index is 10.8. The molecular weight excluding hydrogens is 422 g/mol. The molecule has 1 saturated heterocycles. The van der Waals surface area contributed by atoms with Crippen molar-refractivity contribution >= 4 is 18.3 Å². The molecule has 3 N–H and O–H groups in total. The highest BCUT2D eigenvalue weighted by Gasteiger charge is 2.25. The highest BCUT2D eigenvalue weighted by atomic mass is 16.5. The van der Waals surface area contributed by atoms with E-state index >= 15 is 0 Å². The maximum Gasteiger partial charge on any atom is 0.230 e. The summed E-state index contributed by atoms with van der Waals surface area (Å²) in [4.78, 5) is 17.1. The number of likely N-dealkylation sites (tertiary alicyclic amines) is 1. The number of nitrogens with one attached hydrogen (secondary N) is 2. The van der Waals surface area contributed by atoms with Crippen LogP contribution in [0.4, 0.5) is 5.69 Å². The van der Waals surface area contributed by atoms with E-state index in [-0.39, 0.29) is 24.2 Å². The average Bonchev–Trinajstić information content (AvgIpc) is 3.29. The zero-order valence-corrected chi connectivity index (χ0v) is 20.3. The molecule has 2 heterocycles. The molecule has 1 amide bonds. The molecule has 0 bridgehead atoms. The third kappa shape index (κ3) is 8.25. The molecule has 1 unspecified atom stereocenters. The molecule has 182 valence electrons. The van der Waals surface area contributed by atoms with Crippen LogP contribution in [0.25, 0.3) is 11.4 Å². The number of nitrogens with zero attached hydrogens (tertiary/aromatic N) is 3. The molecule has 9 nitrogen and oxygen atoms in total. The first kappa shape index (κ1) is 26.5. The number of amides is 1. The lowest BCUT2D eigenvalue weighted by atomic mass is 9.97. The summed E-state index contributed by atoms with van der Waals surface area (Å²) in [6.07, 6.45) is 4.43. The molecule has 1 fully saturated rings. The minimum absolute atomic E-state index is 0.0417. The van der Waals surface area contributed by atoms with E-state index in [1.54, 1.807) is 12.0 Å². The maximum absolute atomic E-state index is 10.8. The van der Waals surface area contributed by atoms with Crippen molar-refractivity contribution in [1.82, 2.24) is 15.0 Å². The van der Waals surface area contributed by atoms with Crippen molar-refractivity contribution in [3.63, 3.8) is 0 Å². The number of piperidine rings is 1. The number of rotatable bonds is 8. The number of hydrogen-bond acceptors (Lipinski definition) is 8. The van der Waals surface area contributed by atoms with Gasteiger partial charge in [0.15, 0.2) is 0 Å². The van der Waals surface area contributed by atoms with Gasteiger partial charge in [0.05, 0.1) is 5.60 Å². The Hall–Kier alpha value is -2.78. The van der Waals surface area contributed by atoms with Crippen LogP contribution in [0.15, 0.2) is 22.7 Å². The molecule has 1 aliphatic heterocycles. The van der Waals surface area contributed by atoms with Crippen LogP contribution in [0.5, 0.6) is 0 Å². The predicted molar refractivity (Wildman–Crippen MR) is 129 cm³/mol. The second kappa shape index (κ2) is 12.5. The van der Waals surface area contributed by atoms with Gasteiger partial charge in [-0.05, 0) is 53.0 Å². The molecule has 9 heteroatoms. The average molecular weight is 460 g/mol. The number of methoxy groups -OCH3 is 1. The zero-order chi connectivity index (χ0) is 24.4. The van der Waals surface area contributed by atoms with Crippen molar-refractivity contribution in [2.24, 2.45) is 0 Å². The van der Waals surface area contributed by atoms with Gasteiger partial charge in [-0.25, -0.2) is 0 Å². The van der Waals surface area contributed by atoms with Gasteiger partial charge in [-0.3, -0.25) is 4.79 Å².